The van der Waals surface area contributed by atoms with Crippen molar-refractivity contribution >= 4 is 11.6 Å². The number of carbonyl (C=O) groups excluding carboxylic acids is 1. The lowest BCUT2D eigenvalue weighted by atomic mass is 9.99. The first-order valence-electron chi connectivity index (χ1n) is 10.6. The van der Waals surface area contributed by atoms with Crippen molar-refractivity contribution in [3.05, 3.63) is 65.5 Å². The Morgan fingerprint density at radius 2 is 1.68 bits per heavy atom. The summed E-state index contributed by atoms with van der Waals surface area (Å²) in [5, 5.41) is 0. The number of rotatable bonds is 6. The third-order valence-electron chi connectivity index (χ3n) is 5.60. The molecule has 0 bridgehead atoms. The molecule has 1 saturated heterocycles. The highest BCUT2D eigenvalue weighted by Crippen LogP contribution is 2.33. The molecule has 0 radical (unpaired) electrons. The van der Waals surface area contributed by atoms with Crippen molar-refractivity contribution in [2.45, 2.75) is 51.9 Å². The summed E-state index contributed by atoms with van der Waals surface area (Å²) >= 11 is 0. The summed E-state index contributed by atoms with van der Waals surface area (Å²) in [6, 6.07) is 11.5. The average molecular weight is 436 g/mol. The highest BCUT2D eigenvalue weighted by Gasteiger charge is 2.34. The van der Waals surface area contributed by atoms with Crippen molar-refractivity contribution in [3.8, 4) is 0 Å². The highest BCUT2D eigenvalue weighted by molar-refractivity contribution is 5.94. The lowest BCUT2D eigenvalue weighted by Crippen LogP contribution is -2.47. The second kappa shape index (κ2) is 9.81. The zero-order valence-corrected chi connectivity index (χ0v) is 17.8. The number of alkyl halides is 3. The van der Waals surface area contributed by atoms with E-state index in [1.54, 1.807) is 23.1 Å². The van der Waals surface area contributed by atoms with Gasteiger partial charge >= 0.3 is 6.18 Å². The van der Waals surface area contributed by atoms with Crippen molar-refractivity contribution in [2.75, 3.05) is 18.0 Å². The van der Waals surface area contributed by atoms with Crippen molar-refractivity contribution in [2.24, 2.45) is 5.92 Å². The third-order valence-corrected chi connectivity index (χ3v) is 5.60. The Morgan fingerprint density at radius 1 is 1.06 bits per heavy atom. The van der Waals surface area contributed by atoms with E-state index in [4.69, 9.17) is 0 Å². The molecule has 2 aromatic rings. The van der Waals surface area contributed by atoms with E-state index in [0.29, 0.717) is 38.0 Å². The molecule has 0 atom stereocenters. The summed E-state index contributed by atoms with van der Waals surface area (Å²) in [7, 11) is 0. The smallest absolute Gasteiger partial charge is 0.309 e. The minimum atomic E-state index is -4.38. The van der Waals surface area contributed by atoms with Crippen LogP contribution in [0, 0.1) is 11.7 Å². The largest absolute Gasteiger partial charge is 0.416 e. The standard InChI is InChI=1S/C24H28F4N2O/c1-17(2)15-23(31)30(20-9-7-19(25)8-10-20)21-11-13-29(14-12-21)16-18-5-3-4-6-22(18)24(26,27)28/h3-10,17,21H,11-16H2,1-2H3. The number of anilines is 1. The van der Waals surface area contributed by atoms with E-state index >= 15 is 0 Å². The fourth-order valence-electron chi connectivity index (χ4n) is 4.12. The predicted octanol–water partition coefficient (Wildman–Crippen LogP) is 5.89. The number of amides is 1. The van der Waals surface area contributed by atoms with Gasteiger partial charge in [0.1, 0.15) is 5.82 Å². The van der Waals surface area contributed by atoms with E-state index in [0.717, 1.165) is 6.07 Å². The maximum absolute atomic E-state index is 13.4. The van der Waals surface area contributed by atoms with Gasteiger partial charge in [-0.1, -0.05) is 32.0 Å². The summed E-state index contributed by atoms with van der Waals surface area (Å²) < 4.78 is 53.3. The Bertz CT molecular complexity index is 872. The van der Waals surface area contributed by atoms with Crippen molar-refractivity contribution < 1.29 is 22.4 Å². The van der Waals surface area contributed by atoms with Crippen LogP contribution in [-0.4, -0.2) is 29.9 Å². The van der Waals surface area contributed by atoms with E-state index in [9.17, 15) is 22.4 Å². The molecule has 0 aromatic heterocycles. The molecule has 1 aliphatic rings. The zero-order valence-electron chi connectivity index (χ0n) is 17.8. The van der Waals surface area contributed by atoms with E-state index in [1.165, 1.54) is 24.3 Å². The molecule has 1 aliphatic heterocycles. The maximum atomic E-state index is 13.4. The van der Waals surface area contributed by atoms with Gasteiger partial charge in [-0.3, -0.25) is 9.69 Å². The number of hydrogen-bond acceptors (Lipinski definition) is 2. The molecule has 1 heterocycles. The van der Waals surface area contributed by atoms with Gasteiger partial charge in [-0.05, 0) is 54.7 Å². The number of nitrogens with zero attached hydrogens (tertiary/aromatic N) is 2. The van der Waals surface area contributed by atoms with Gasteiger partial charge in [-0.25, -0.2) is 4.39 Å². The first kappa shape index (κ1) is 23.3. The molecule has 2 aromatic carbocycles. The van der Waals surface area contributed by atoms with Crippen LogP contribution in [0.15, 0.2) is 48.5 Å². The van der Waals surface area contributed by atoms with Crippen LogP contribution in [0.1, 0.15) is 44.2 Å². The van der Waals surface area contributed by atoms with Crippen LogP contribution < -0.4 is 4.90 Å². The number of carbonyl (C=O) groups is 1. The van der Waals surface area contributed by atoms with Gasteiger partial charge < -0.3 is 4.90 Å². The molecule has 0 unspecified atom stereocenters. The van der Waals surface area contributed by atoms with E-state index < -0.39 is 11.7 Å². The fraction of sp³-hybridized carbons (Fsp3) is 0.458. The molecule has 0 aliphatic carbocycles. The minimum absolute atomic E-state index is 0.0116. The molecule has 3 rings (SSSR count). The van der Waals surface area contributed by atoms with E-state index in [1.807, 2.05) is 18.7 Å². The van der Waals surface area contributed by atoms with Gasteiger partial charge in [0.2, 0.25) is 5.91 Å². The zero-order chi connectivity index (χ0) is 22.6. The molecule has 31 heavy (non-hydrogen) atoms. The molecule has 168 valence electrons. The minimum Gasteiger partial charge on any atom is -0.309 e. The predicted molar refractivity (Wildman–Crippen MR) is 113 cm³/mol. The van der Waals surface area contributed by atoms with Gasteiger partial charge in [0.05, 0.1) is 5.56 Å². The Labute approximate surface area is 180 Å². The molecule has 0 saturated carbocycles. The summed E-state index contributed by atoms with van der Waals surface area (Å²) in [5.74, 6) is -0.185. The molecular weight excluding hydrogens is 408 g/mol. The lowest BCUT2D eigenvalue weighted by Gasteiger charge is -2.39. The van der Waals surface area contributed by atoms with Crippen LogP contribution in [0.4, 0.5) is 23.2 Å². The van der Waals surface area contributed by atoms with Crippen LogP contribution >= 0.6 is 0 Å². The Kier molecular flexibility index (Phi) is 7.36. The molecule has 3 nitrogen and oxygen atoms in total. The van der Waals surface area contributed by atoms with Crippen LogP contribution in [0.2, 0.25) is 0 Å². The Hall–Kier alpha value is -2.41. The molecule has 7 heteroatoms. The van der Waals surface area contributed by atoms with Crippen LogP contribution in [0.3, 0.4) is 0 Å². The second-order valence-electron chi connectivity index (χ2n) is 8.50. The molecular formula is C24H28F4N2O. The van der Waals surface area contributed by atoms with Gasteiger partial charge in [-0.2, -0.15) is 13.2 Å². The van der Waals surface area contributed by atoms with Gasteiger partial charge in [-0.15, -0.1) is 0 Å². The summed E-state index contributed by atoms with van der Waals surface area (Å²) in [6.45, 7) is 5.34. The van der Waals surface area contributed by atoms with Crippen LogP contribution in [0.5, 0.6) is 0 Å². The van der Waals surface area contributed by atoms with Crippen LogP contribution in [-0.2, 0) is 17.5 Å². The molecule has 1 fully saturated rings. The number of piperidine rings is 1. The topological polar surface area (TPSA) is 23.6 Å². The Morgan fingerprint density at radius 3 is 2.26 bits per heavy atom. The quantitative estimate of drug-likeness (QED) is 0.528. The summed E-state index contributed by atoms with van der Waals surface area (Å²) in [6.07, 6.45) is -2.70. The molecule has 0 spiro atoms. The fourth-order valence-corrected chi connectivity index (χ4v) is 4.12. The number of halogens is 4. The first-order valence-corrected chi connectivity index (χ1v) is 10.6. The monoisotopic (exact) mass is 436 g/mol. The third kappa shape index (κ3) is 6.06. The summed E-state index contributed by atoms with van der Waals surface area (Å²) in [4.78, 5) is 16.7. The average Bonchev–Trinajstić information content (AvgIpc) is 2.70. The highest BCUT2D eigenvalue weighted by atomic mass is 19.4. The van der Waals surface area contributed by atoms with Gasteiger partial charge in [0.25, 0.3) is 0 Å². The van der Waals surface area contributed by atoms with Crippen molar-refractivity contribution in [1.29, 1.82) is 0 Å². The molecule has 1 amide bonds. The lowest BCUT2D eigenvalue weighted by molar-refractivity contribution is -0.138. The number of hydrogen-bond donors (Lipinski definition) is 0. The van der Waals surface area contributed by atoms with E-state index in [2.05, 4.69) is 0 Å². The SMILES string of the molecule is CC(C)CC(=O)N(c1ccc(F)cc1)C1CCN(Cc2ccccc2C(F)(F)F)CC1. The second-order valence-corrected chi connectivity index (χ2v) is 8.50. The Balaban J connectivity index is 1.71. The van der Waals surface area contributed by atoms with Gasteiger partial charge in [0, 0.05) is 37.8 Å². The maximum Gasteiger partial charge on any atom is 0.416 e. The normalized spacial score (nSPS) is 16.0. The number of benzene rings is 2. The van der Waals surface area contributed by atoms with Crippen LogP contribution in [0.25, 0.3) is 0 Å². The first-order chi connectivity index (χ1) is 14.6. The van der Waals surface area contributed by atoms with Crippen molar-refractivity contribution in [3.63, 3.8) is 0 Å². The van der Waals surface area contributed by atoms with Gasteiger partial charge in [0.15, 0.2) is 0 Å². The number of likely N-dealkylation sites (tertiary alicyclic amines) is 1. The summed E-state index contributed by atoms with van der Waals surface area (Å²) in [5.41, 5.74) is 0.324. The van der Waals surface area contributed by atoms with E-state index in [-0.39, 0.29) is 35.8 Å². The van der Waals surface area contributed by atoms with Crippen molar-refractivity contribution in [1.82, 2.24) is 4.90 Å². The molecule has 0 N–H and O–H groups in total.